The van der Waals surface area contributed by atoms with E-state index in [1.165, 1.54) is 11.3 Å². The number of piperazine rings is 1. The molecule has 2 heterocycles. The van der Waals surface area contributed by atoms with Gasteiger partial charge in [-0.25, -0.2) is 4.79 Å². The summed E-state index contributed by atoms with van der Waals surface area (Å²) in [4.78, 5) is 30.7. The number of benzene rings is 1. The number of amides is 1. The van der Waals surface area contributed by atoms with Crippen LogP contribution in [0.15, 0.2) is 24.3 Å². The molecule has 0 spiro atoms. The molecule has 0 saturated carbocycles. The number of hydrogen-bond donors (Lipinski definition) is 1. The number of rotatable bonds is 6. The Morgan fingerprint density at radius 1 is 1.17 bits per heavy atom. The van der Waals surface area contributed by atoms with Crippen LogP contribution in [0.5, 0.6) is 0 Å². The topological polar surface area (TPSA) is 61.9 Å². The van der Waals surface area contributed by atoms with Gasteiger partial charge in [0.2, 0.25) is 5.91 Å². The lowest BCUT2D eigenvalue weighted by molar-refractivity contribution is -0.117. The zero-order valence-electron chi connectivity index (χ0n) is 17.0. The van der Waals surface area contributed by atoms with Gasteiger partial charge < -0.3 is 15.0 Å². The zero-order valence-corrected chi connectivity index (χ0v) is 18.5. The number of carbonyl (C=O) groups is 2. The Labute approximate surface area is 180 Å². The largest absolute Gasteiger partial charge is 0.462 e. The Morgan fingerprint density at radius 3 is 2.45 bits per heavy atom. The van der Waals surface area contributed by atoms with Crippen LogP contribution >= 0.6 is 22.9 Å². The maximum absolute atomic E-state index is 12.7. The molecule has 0 atom stereocenters. The van der Waals surface area contributed by atoms with Crippen molar-refractivity contribution in [3.63, 3.8) is 0 Å². The number of aryl methyl sites for hydroxylation is 1. The Kier molecular flexibility index (Phi) is 7.29. The third kappa shape index (κ3) is 5.36. The van der Waals surface area contributed by atoms with Crippen LogP contribution < -0.4 is 5.32 Å². The minimum Gasteiger partial charge on any atom is -0.462 e. The van der Waals surface area contributed by atoms with Gasteiger partial charge in [0.1, 0.15) is 10.6 Å². The molecule has 1 aliphatic rings. The molecule has 1 fully saturated rings. The van der Waals surface area contributed by atoms with Gasteiger partial charge in [-0.05, 0) is 38.6 Å². The standard InChI is InChI=1S/C21H26ClN3O3S/c1-4-28-21(27)19-18(15-5-7-16(22)8-6-15)14(2)29-20(19)23-17(26)13-25-11-9-24(3)10-12-25/h5-8H,4,9-13H2,1-3H3,(H,23,26). The lowest BCUT2D eigenvalue weighted by Gasteiger charge is -2.31. The van der Waals surface area contributed by atoms with Crippen LogP contribution in [0.3, 0.4) is 0 Å². The van der Waals surface area contributed by atoms with Crippen LogP contribution in [0.4, 0.5) is 5.00 Å². The number of carbonyl (C=O) groups excluding carboxylic acids is 2. The molecule has 1 saturated heterocycles. The van der Waals surface area contributed by atoms with E-state index in [2.05, 4.69) is 22.2 Å². The monoisotopic (exact) mass is 435 g/mol. The molecule has 0 aliphatic carbocycles. The summed E-state index contributed by atoms with van der Waals surface area (Å²) in [7, 11) is 2.08. The third-order valence-corrected chi connectivity index (χ3v) is 6.19. The second-order valence-electron chi connectivity index (χ2n) is 7.09. The second-order valence-corrected chi connectivity index (χ2v) is 8.75. The number of nitrogens with zero attached hydrogens (tertiary/aromatic N) is 2. The van der Waals surface area contributed by atoms with Crippen LogP contribution in [-0.2, 0) is 9.53 Å². The summed E-state index contributed by atoms with van der Waals surface area (Å²) >= 11 is 7.41. The molecule has 1 aliphatic heterocycles. The Bertz CT molecular complexity index is 874. The summed E-state index contributed by atoms with van der Waals surface area (Å²) in [6.45, 7) is 7.88. The summed E-state index contributed by atoms with van der Waals surface area (Å²) < 4.78 is 5.29. The van der Waals surface area contributed by atoms with Crippen molar-refractivity contribution in [2.75, 3.05) is 51.7 Å². The van der Waals surface area contributed by atoms with Crippen LogP contribution in [0.2, 0.25) is 5.02 Å². The lowest BCUT2D eigenvalue weighted by Crippen LogP contribution is -2.47. The molecule has 2 aromatic rings. The molecule has 0 bridgehead atoms. The van der Waals surface area contributed by atoms with Crippen molar-refractivity contribution in [1.29, 1.82) is 0 Å². The van der Waals surface area contributed by atoms with Crippen molar-refractivity contribution in [2.45, 2.75) is 13.8 Å². The minimum atomic E-state index is -0.434. The molecule has 0 unspecified atom stereocenters. The first-order chi connectivity index (χ1) is 13.9. The zero-order chi connectivity index (χ0) is 21.0. The smallest absolute Gasteiger partial charge is 0.341 e. The predicted molar refractivity (Wildman–Crippen MR) is 118 cm³/mol. The number of hydrogen-bond acceptors (Lipinski definition) is 6. The summed E-state index contributed by atoms with van der Waals surface area (Å²) in [5, 5.41) is 4.11. The number of anilines is 1. The molecule has 6 nitrogen and oxygen atoms in total. The van der Waals surface area contributed by atoms with Crippen LogP contribution in [-0.4, -0.2) is 68.1 Å². The van der Waals surface area contributed by atoms with E-state index in [1.54, 1.807) is 19.1 Å². The van der Waals surface area contributed by atoms with E-state index < -0.39 is 5.97 Å². The Balaban J connectivity index is 1.85. The predicted octanol–water partition coefficient (Wildman–Crippen LogP) is 3.74. The van der Waals surface area contributed by atoms with E-state index in [-0.39, 0.29) is 12.5 Å². The van der Waals surface area contributed by atoms with Gasteiger partial charge in [0.15, 0.2) is 0 Å². The van der Waals surface area contributed by atoms with Gasteiger partial charge >= 0.3 is 5.97 Å². The molecule has 1 N–H and O–H groups in total. The summed E-state index contributed by atoms with van der Waals surface area (Å²) in [6, 6.07) is 7.31. The average molecular weight is 436 g/mol. The average Bonchev–Trinajstić information content (AvgIpc) is 3.00. The van der Waals surface area contributed by atoms with Gasteiger partial charge in [0, 0.05) is 41.6 Å². The van der Waals surface area contributed by atoms with Crippen molar-refractivity contribution in [1.82, 2.24) is 9.80 Å². The van der Waals surface area contributed by atoms with Gasteiger partial charge in [0.05, 0.1) is 13.2 Å². The Morgan fingerprint density at radius 2 is 1.83 bits per heavy atom. The number of ether oxygens (including phenoxy) is 1. The fraction of sp³-hybridized carbons (Fsp3) is 0.429. The van der Waals surface area contributed by atoms with Crippen LogP contribution in [0.25, 0.3) is 11.1 Å². The number of nitrogens with one attached hydrogen (secondary N) is 1. The molecule has 8 heteroatoms. The first-order valence-electron chi connectivity index (χ1n) is 9.66. The molecular weight excluding hydrogens is 410 g/mol. The van der Waals surface area contributed by atoms with E-state index in [0.29, 0.717) is 22.1 Å². The van der Waals surface area contributed by atoms with Crippen molar-refractivity contribution in [3.8, 4) is 11.1 Å². The number of likely N-dealkylation sites (N-methyl/N-ethyl adjacent to an activating group) is 1. The van der Waals surface area contributed by atoms with Crippen molar-refractivity contribution in [2.24, 2.45) is 0 Å². The van der Waals surface area contributed by atoms with E-state index in [0.717, 1.165) is 42.2 Å². The highest BCUT2D eigenvalue weighted by Crippen LogP contribution is 2.40. The number of esters is 1. The highest BCUT2D eigenvalue weighted by atomic mass is 35.5. The van der Waals surface area contributed by atoms with Crippen LogP contribution in [0, 0.1) is 6.92 Å². The molecule has 0 radical (unpaired) electrons. The van der Waals surface area contributed by atoms with Gasteiger partial charge in [-0.3, -0.25) is 9.69 Å². The highest BCUT2D eigenvalue weighted by molar-refractivity contribution is 7.17. The van der Waals surface area contributed by atoms with Crippen molar-refractivity contribution < 1.29 is 14.3 Å². The van der Waals surface area contributed by atoms with Crippen LogP contribution in [0.1, 0.15) is 22.2 Å². The van der Waals surface area contributed by atoms with Crippen molar-refractivity contribution in [3.05, 3.63) is 39.7 Å². The first-order valence-corrected chi connectivity index (χ1v) is 10.9. The van der Waals surface area contributed by atoms with Gasteiger partial charge in [-0.1, -0.05) is 23.7 Å². The molecule has 1 aromatic carbocycles. The maximum atomic E-state index is 12.7. The molecule has 1 amide bonds. The highest BCUT2D eigenvalue weighted by Gasteiger charge is 2.26. The quantitative estimate of drug-likeness (QED) is 0.700. The van der Waals surface area contributed by atoms with Gasteiger partial charge in [-0.15, -0.1) is 11.3 Å². The number of halogens is 1. The summed E-state index contributed by atoms with van der Waals surface area (Å²) in [5.41, 5.74) is 2.05. The van der Waals surface area contributed by atoms with Gasteiger partial charge in [-0.2, -0.15) is 0 Å². The van der Waals surface area contributed by atoms with E-state index in [1.807, 2.05) is 19.1 Å². The fourth-order valence-electron chi connectivity index (χ4n) is 3.37. The molecular formula is C21H26ClN3O3S. The maximum Gasteiger partial charge on any atom is 0.341 e. The molecule has 156 valence electrons. The summed E-state index contributed by atoms with van der Waals surface area (Å²) in [5.74, 6) is -0.555. The molecule has 1 aromatic heterocycles. The van der Waals surface area contributed by atoms with E-state index in [4.69, 9.17) is 16.3 Å². The lowest BCUT2D eigenvalue weighted by atomic mass is 10.0. The first kappa shape index (κ1) is 21.8. The SMILES string of the molecule is CCOC(=O)c1c(NC(=O)CN2CCN(C)CC2)sc(C)c1-c1ccc(Cl)cc1. The van der Waals surface area contributed by atoms with Crippen molar-refractivity contribution >= 4 is 39.8 Å². The van der Waals surface area contributed by atoms with E-state index >= 15 is 0 Å². The van der Waals surface area contributed by atoms with Gasteiger partial charge in [0.25, 0.3) is 0 Å². The fourth-order valence-corrected chi connectivity index (χ4v) is 4.58. The Hall–Kier alpha value is -1.93. The second kappa shape index (κ2) is 9.71. The third-order valence-electron chi connectivity index (χ3n) is 4.91. The normalized spacial score (nSPS) is 15.3. The van der Waals surface area contributed by atoms with E-state index in [9.17, 15) is 9.59 Å². The summed E-state index contributed by atoms with van der Waals surface area (Å²) in [6.07, 6.45) is 0. The molecule has 3 rings (SSSR count). The number of thiophene rings is 1. The minimum absolute atomic E-state index is 0.121. The molecule has 29 heavy (non-hydrogen) atoms.